The van der Waals surface area contributed by atoms with Gasteiger partial charge in [-0.05, 0) is 30.5 Å². The SMILES string of the molecule is CC(C)NCc1cccc(N2CCCCCC2)c1. The predicted molar refractivity (Wildman–Crippen MR) is 79.1 cm³/mol. The summed E-state index contributed by atoms with van der Waals surface area (Å²) in [5.74, 6) is 0. The largest absolute Gasteiger partial charge is 0.372 e. The van der Waals surface area contributed by atoms with Crippen molar-refractivity contribution in [3.63, 3.8) is 0 Å². The lowest BCUT2D eigenvalue weighted by atomic mass is 10.1. The van der Waals surface area contributed by atoms with Gasteiger partial charge in [0.15, 0.2) is 0 Å². The molecule has 1 aliphatic rings. The van der Waals surface area contributed by atoms with Crippen LogP contribution in [0.15, 0.2) is 24.3 Å². The van der Waals surface area contributed by atoms with E-state index in [2.05, 4.69) is 48.3 Å². The van der Waals surface area contributed by atoms with Crippen LogP contribution >= 0.6 is 0 Å². The molecule has 0 bridgehead atoms. The maximum atomic E-state index is 3.49. The average Bonchev–Trinajstić information content (AvgIpc) is 2.65. The third kappa shape index (κ3) is 4.02. The Morgan fingerprint density at radius 3 is 2.50 bits per heavy atom. The van der Waals surface area contributed by atoms with Crippen molar-refractivity contribution in [2.45, 2.75) is 52.1 Å². The molecule has 0 aromatic heterocycles. The van der Waals surface area contributed by atoms with Crippen LogP contribution in [-0.2, 0) is 6.54 Å². The molecule has 1 N–H and O–H groups in total. The van der Waals surface area contributed by atoms with Gasteiger partial charge in [-0.25, -0.2) is 0 Å². The van der Waals surface area contributed by atoms with Crippen LogP contribution in [0.1, 0.15) is 45.1 Å². The molecule has 2 rings (SSSR count). The van der Waals surface area contributed by atoms with Crippen LogP contribution in [0.3, 0.4) is 0 Å². The Labute approximate surface area is 111 Å². The first kappa shape index (κ1) is 13.4. The van der Waals surface area contributed by atoms with Gasteiger partial charge in [0.2, 0.25) is 0 Å². The Bertz CT molecular complexity index is 352. The predicted octanol–water partition coefficient (Wildman–Crippen LogP) is 3.57. The van der Waals surface area contributed by atoms with Gasteiger partial charge in [-0.15, -0.1) is 0 Å². The summed E-state index contributed by atoms with van der Waals surface area (Å²) < 4.78 is 0. The van der Waals surface area contributed by atoms with E-state index < -0.39 is 0 Å². The number of nitrogens with one attached hydrogen (secondary N) is 1. The molecular weight excluding hydrogens is 220 g/mol. The van der Waals surface area contributed by atoms with Crippen molar-refractivity contribution in [2.24, 2.45) is 0 Å². The minimum atomic E-state index is 0.548. The fourth-order valence-electron chi connectivity index (χ4n) is 2.51. The number of anilines is 1. The Morgan fingerprint density at radius 1 is 1.11 bits per heavy atom. The Kier molecular flexibility index (Phi) is 5.06. The highest BCUT2D eigenvalue weighted by molar-refractivity contribution is 5.48. The van der Waals surface area contributed by atoms with Crippen molar-refractivity contribution in [1.82, 2.24) is 5.32 Å². The number of rotatable bonds is 4. The molecule has 0 unspecified atom stereocenters. The third-order valence-electron chi connectivity index (χ3n) is 3.60. The smallest absolute Gasteiger partial charge is 0.0369 e. The van der Waals surface area contributed by atoms with Crippen LogP contribution in [-0.4, -0.2) is 19.1 Å². The molecule has 1 fully saturated rings. The van der Waals surface area contributed by atoms with Crippen LogP contribution in [0, 0.1) is 0 Å². The van der Waals surface area contributed by atoms with Crippen LogP contribution in [0.2, 0.25) is 0 Å². The lowest BCUT2D eigenvalue weighted by molar-refractivity contribution is 0.589. The summed E-state index contributed by atoms with van der Waals surface area (Å²) in [6, 6.07) is 9.56. The van der Waals surface area contributed by atoms with Crippen LogP contribution < -0.4 is 10.2 Å². The molecular formula is C16H26N2. The van der Waals surface area contributed by atoms with Gasteiger partial charge in [-0.2, -0.15) is 0 Å². The highest BCUT2D eigenvalue weighted by Crippen LogP contribution is 2.20. The van der Waals surface area contributed by atoms with Crippen LogP contribution in [0.5, 0.6) is 0 Å². The summed E-state index contributed by atoms with van der Waals surface area (Å²) >= 11 is 0. The molecule has 100 valence electrons. The Morgan fingerprint density at radius 2 is 1.83 bits per heavy atom. The molecule has 1 heterocycles. The molecule has 0 amide bonds. The summed E-state index contributed by atoms with van der Waals surface area (Å²) in [7, 11) is 0. The van der Waals surface area contributed by atoms with Gasteiger partial charge in [-0.1, -0.05) is 38.8 Å². The topological polar surface area (TPSA) is 15.3 Å². The van der Waals surface area contributed by atoms with Crippen molar-refractivity contribution >= 4 is 5.69 Å². The quantitative estimate of drug-likeness (QED) is 0.874. The third-order valence-corrected chi connectivity index (χ3v) is 3.60. The van der Waals surface area contributed by atoms with E-state index in [9.17, 15) is 0 Å². The minimum absolute atomic E-state index is 0.548. The standard InChI is InChI=1S/C16H26N2/c1-14(2)17-13-15-8-7-9-16(12-15)18-10-5-3-4-6-11-18/h7-9,12,14,17H,3-6,10-11,13H2,1-2H3. The molecule has 0 spiro atoms. The molecule has 18 heavy (non-hydrogen) atoms. The molecule has 0 atom stereocenters. The van der Waals surface area contributed by atoms with Crippen LogP contribution in [0.4, 0.5) is 5.69 Å². The fraction of sp³-hybridized carbons (Fsp3) is 0.625. The van der Waals surface area contributed by atoms with Crippen molar-refractivity contribution in [3.05, 3.63) is 29.8 Å². The number of benzene rings is 1. The molecule has 0 saturated carbocycles. The Hall–Kier alpha value is -1.02. The highest BCUT2D eigenvalue weighted by atomic mass is 15.1. The molecule has 1 aromatic carbocycles. The fourth-order valence-corrected chi connectivity index (χ4v) is 2.51. The second-order valence-electron chi connectivity index (χ2n) is 5.61. The molecule has 2 heteroatoms. The van der Waals surface area contributed by atoms with Crippen LogP contribution in [0.25, 0.3) is 0 Å². The van der Waals surface area contributed by atoms with E-state index >= 15 is 0 Å². The average molecular weight is 246 g/mol. The first-order valence-corrected chi connectivity index (χ1v) is 7.33. The van der Waals surface area contributed by atoms with Gasteiger partial charge in [-0.3, -0.25) is 0 Å². The van der Waals surface area contributed by atoms with Gasteiger partial charge >= 0.3 is 0 Å². The van der Waals surface area contributed by atoms with Gasteiger partial charge in [0, 0.05) is 31.4 Å². The first-order chi connectivity index (χ1) is 8.75. The monoisotopic (exact) mass is 246 g/mol. The van der Waals surface area contributed by atoms with Crippen molar-refractivity contribution < 1.29 is 0 Å². The van der Waals surface area contributed by atoms with E-state index in [4.69, 9.17) is 0 Å². The lowest BCUT2D eigenvalue weighted by Crippen LogP contribution is -2.25. The molecule has 1 aliphatic heterocycles. The van der Waals surface area contributed by atoms with Crippen molar-refractivity contribution in [3.8, 4) is 0 Å². The van der Waals surface area contributed by atoms with E-state index in [0.717, 1.165) is 6.54 Å². The second-order valence-corrected chi connectivity index (χ2v) is 5.61. The van der Waals surface area contributed by atoms with E-state index in [1.165, 1.54) is 50.0 Å². The van der Waals surface area contributed by atoms with Crippen molar-refractivity contribution in [1.29, 1.82) is 0 Å². The zero-order valence-electron chi connectivity index (χ0n) is 11.8. The summed E-state index contributed by atoms with van der Waals surface area (Å²) in [4.78, 5) is 2.55. The van der Waals surface area contributed by atoms with Crippen molar-refractivity contribution in [2.75, 3.05) is 18.0 Å². The Balaban J connectivity index is 2.01. The molecule has 0 radical (unpaired) electrons. The van der Waals surface area contributed by atoms with Gasteiger partial charge in [0.05, 0.1) is 0 Å². The zero-order valence-corrected chi connectivity index (χ0v) is 11.8. The summed E-state index contributed by atoms with van der Waals surface area (Å²) in [5, 5.41) is 3.49. The maximum Gasteiger partial charge on any atom is 0.0369 e. The zero-order chi connectivity index (χ0) is 12.8. The summed E-state index contributed by atoms with van der Waals surface area (Å²) in [6.45, 7) is 7.80. The van der Waals surface area contributed by atoms with Gasteiger partial charge in [0.25, 0.3) is 0 Å². The van der Waals surface area contributed by atoms with Gasteiger partial charge in [0.1, 0.15) is 0 Å². The van der Waals surface area contributed by atoms with E-state index in [1.807, 2.05) is 0 Å². The molecule has 2 nitrogen and oxygen atoms in total. The summed E-state index contributed by atoms with van der Waals surface area (Å²) in [6.07, 6.45) is 5.47. The maximum absolute atomic E-state index is 3.49. The summed E-state index contributed by atoms with van der Waals surface area (Å²) in [5.41, 5.74) is 2.80. The minimum Gasteiger partial charge on any atom is -0.372 e. The highest BCUT2D eigenvalue weighted by Gasteiger charge is 2.09. The molecule has 1 saturated heterocycles. The molecule has 0 aliphatic carbocycles. The second kappa shape index (κ2) is 6.79. The van der Waals surface area contributed by atoms with E-state index in [1.54, 1.807) is 0 Å². The number of nitrogens with zero attached hydrogens (tertiary/aromatic N) is 1. The van der Waals surface area contributed by atoms with E-state index in [-0.39, 0.29) is 0 Å². The molecule has 1 aromatic rings. The number of hydrogen-bond acceptors (Lipinski definition) is 2. The first-order valence-electron chi connectivity index (χ1n) is 7.33. The lowest BCUT2D eigenvalue weighted by Gasteiger charge is -2.23. The van der Waals surface area contributed by atoms with Gasteiger partial charge < -0.3 is 10.2 Å². The normalized spacial score (nSPS) is 16.9. The van der Waals surface area contributed by atoms with E-state index in [0.29, 0.717) is 6.04 Å². The number of hydrogen-bond donors (Lipinski definition) is 1.